The van der Waals surface area contributed by atoms with Crippen LogP contribution >= 0.6 is 0 Å². The third-order valence-electron chi connectivity index (χ3n) is 7.71. The largest absolute Gasteiger partial charge is 0.478 e. The summed E-state index contributed by atoms with van der Waals surface area (Å²) < 4.78 is 0. The van der Waals surface area contributed by atoms with Crippen LogP contribution in [0.25, 0.3) is 5.57 Å². The Morgan fingerprint density at radius 1 is 1.00 bits per heavy atom. The number of allylic oxidation sites excluding steroid dienone is 4. The third kappa shape index (κ3) is 7.76. The molecule has 4 rings (SSSR count). The topological polar surface area (TPSA) is 52.9 Å². The first kappa shape index (κ1) is 32.3. The van der Waals surface area contributed by atoms with Crippen LogP contribution in [0.4, 0.5) is 11.4 Å². The van der Waals surface area contributed by atoms with Crippen molar-refractivity contribution in [3.8, 4) is 0 Å². The molecule has 0 aromatic heterocycles. The molecular weight excluding hydrogens is 516 g/mol. The van der Waals surface area contributed by atoms with Gasteiger partial charge in [0.05, 0.1) is 5.69 Å². The average Bonchev–Trinajstić information content (AvgIpc) is 3.00. The summed E-state index contributed by atoms with van der Waals surface area (Å²) in [7, 11) is 0. The normalized spacial score (nSPS) is 13.0. The number of hydrogen-bond acceptors (Lipinski definition) is 3. The summed E-state index contributed by atoms with van der Waals surface area (Å²) in [6.45, 7) is 19.8. The number of carboxylic acid groups (broad SMARTS) is 1. The van der Waals surface area contributed by atoms with Crippen LogP contribution in [-0.4, -0.2) is 16.8 Å². The lowest BCUT2D eigenvalue weighted by molar-refractivity contribution is -0.132. The highest BCUT2D eigenvalue weighted by molar-refractivity contribution is 6.02. The number of aliphatic carboxylic acids is 1. The fourth-order valence-electron chi connectivity index (χ4n) is 5.18. The summed E-state index contributed by atoms with van der Waals surface area (Å²) in [6, 6.07) is 21.0. The molecule has 3 aromatic carbocycles. The third-order valence-corrected chi connectivity index (χ3v) is 7.71. The molecule has 0 saturated heterocycles. The molecule has 0 unspecified atom stereocenters. The molecule has 0 atom stereocenters. The van der Waals surface area contributed by atoms with Crippen molar-refractivity contribution in [1.82, 2.24) is 0 Å². The molecule has 1 N–H and O–H groups in total. The Labute approximate surface area is 252 Å². The second kappa shape index (κ2) is 15.2. The van der Waals surface area contributed by atoms with Crippen LogP contribution in [0.5, 0.6) is 0 Å². The highest BCUT2D eigenvalue weighted by atomic mass is 16.4. The van der Waals surface area contributed by atoms with Crippen molar-refractivity contribution >= 4 is 28.6 Å². The van der Waals surface area contributed by atoms with Gasteiger partial charge in [-0.05, 0) is 104 Å². The minimum atomic E-state index is -0.836. The van der Waals surface area contributed by atoms with Crippen LogP contribution in [-0.2, 0) is 11.3 Å². The SMILES string of the molecule is C=C(CCC)N(Cc1ccc(C2=C(C(=O)O)CCC=C2)cc1)c1cc(C(C)=Nc2ccccc2C)cc(C)c1C.CC. The van der Waals surface area contributed by atoms with E-state index in [1.54, 1.807) is 0 Å². The molecule has 0 fully saturated rings. The molecule has 0 bridgehead atoms. The van der Waals surface area contributed by atoms with Crippen molar-refractivity contribution in [2.75, 3.05) is 4.90 Å². The van der Waals surface area contributed by atoms with Gasteiger partial charge < -0.3 is 10.0 Å². The van der Waals surface area contributed by atoms with Crippen molar-refractivity contribution in [2.45, 2.75) is 80.7 Å². The lowest BCUT2D eigenvalue weighted by Gasteiger charge is -2.30. The van der Waals surface area contributed by atoms with E-state index in [2.05, 4.69) is 88.6 Å². The molecular formula is C38H46N2O2. The first-order chi connectivity index (χ1) is 20.2. The predicted octanol–water partition coefficient (Wildman–Crippen LogP) is 10.3. The molecule has 0 amide bonds. The number of carboxylic acids is 1. The van der Waals surface area contributed by atoms with Crippen LogP contribution in [0.3, 0.4) is 0 Å². The molecule has 1 aliphatic carbocycles. The van der Waals surface area contributed by atoms with E-state index in [9.17, 15) is 9.90 Å². The van der Waals surface area contributed by atoms with Crippen molar-refractivity contribution in [2.24, 2.45) is 4.99 Å². The lowest BCUT2D eigenvalue weighted by atomic mass is 9.92. The van der Waals surface area contributed by atoms with Crippen LogP contribution in [0.1, 0.15) is 86.8 Å². The standard InChI is InChI=1S/C36H40N2O2.C2H6/c1-7-12-26(4)38(23-29-17-19-30(20-18-29)32-14-9-10-15-33(32)36(39)40)35-22-31(21-25(3)27(35)5)28(6)37-34-16-11-8-13-24(34)2;1-2/h8-9,11,13-14,16-22H,4,7,10,12,15,23H2,1-3,5-6H3,(H,39,40);1-2H3. The number of carbonyl (C=O) groups is 1. The number of benzene rings is 3. The quantitative estimate of drug-likeness (QED) is 0.250. The summed E-state index contributed by atoms with van der Waals surface area (Å²) in [5, 5.41) is 9.67. The van der Waals surface area contributed by atoms with Gasteiger partial charge in [-0.3, -0.25) is 4.99 Å². The Kier molecular flexibility index (Phi) is 11.7. The van der Waals surface area contributed by atoms with E-state index in [0.717, 1.165) is 69.9 Å². The summed E-state index contributed by atoms with van der Waals surface area (Å²) >= 11 is 0. The minimum absolute atomic E-state index is 0.485. The van der Waals surface area contributed by atoms with Gasteiger partial charge in [-0.25, -0.2) is 4.79 Å². The van der Waals surface area contributed by atoms with E-state index in [1.807, 2.05) is 44.2 Å². The first-order valence-electron chi connectivity index (χ1n) is 15.1. The highest BCUT2D eigenvalue weighted by Gasteiger charge is 2.19. The Bertz CT molecular complexity index is 1510. The minimum Gasteiger partial charge on any atom is -0.478 e. The van der Waals surface area contributed by atoms with E-state index in [1.165, 1.54) is 11.1 Å². The van der Waals surface area contributed by atoms with E-state index in [4.69, 9.17) is 4.99 Å². The van der Waals surface area contributed by atoms with Crippen molar-refractivity contribution in [3.63, 3.8) is 0 Å². The van der Waals surface area contributed by atoms with Crippen molar-refractivity contribution in [1.29, 1.82) is 0 Å². The molecule has 4 nitrogen and oxygen atoms in total. The molecule has 42 heavy (non-hydrogen) atoms. The summed E-state index contributed by atoms with van der Waals surface area (Å²) in [6.07, 6.45) is 7.24. The van der Waals surface area contributed by atoms with Gasteiger partial charge in [-0.1, -0.05) is 88.4 Å². The second-order valence-corrected chi connectivity index (χ2v) is 10.7. The van der Waals surface area contributed by atoms with Crippen molar-refractivity contribution < 1.29 is 9.90 Å². The summed E-state index contributed by atoms with van der Waals surface area (Å²) in [4.78, 5) is 19.1. The predicted molar refractivity (Wildman–Crippen MR) is 180 cm³/mol. The number of anilines is 1. The zero-order valence-electron chi connectivity index (χ0n) is 26.4. The Morgan fingerprint density at radius 2 is 1.69 bits per heavy atom. The van der Waals surface area contributed by atoms with Gasteiger partial charge in [0.15, 0.2) is 0 Å². The Balaban J connectivity index is 0.00000237. The maximum absolute atomic E-state index is 11.8. The number of rotatable bonds is 10. The second-order valence-electron chi connectivity index (χ2n) is 10.7. The highest BCUT2D eigenvalue weighted by Crippen LogP contribution is 2.33. The molecule has 0 radical (unpaired) electrons. The maximum Gasteiger partial charge on any atom is 0.332 e. The maximum atomic E-state index is 11.8. The van der Waals surface area contributed by atoms with Crippen LogP contribution < -0.4 is 4.90 Å². The lowest BCUT2D eigenvalue weighted by Crippen LogP contribution is -2.23. The van der Waals surface area contributed by atoms with Crippen LogP contribution in [0, 0.1) is 20.8 Å². The van der Waals surface area contributed by atoms with E-state index in [0.29, 0.717) is 18.5 Å². The molecule has 4 heteroatoms. The number of aliphatic imine (C=N–C) groups is 1. The molecule has 0 saturated carbocycles. The number of hydrogen-bond donors (Lipinski definition) is 1. The number of aryl methyl sites for hydroxylation is 2. The zero-order chi connectivity index (χ0) is 30.8. The molecule has 220 valence electrons. The summed E-state index contributed by atoms with van der Waals surface area (Å²) in [5.74, 6) is -0.836. The number of para-hydroxylation sites is 1. The zero-order valence-corrected chi connectivity index (χ0v) is 26.4. The van der Waals surface area contributed by atoms with Gasteiger partial charge in [0.2, 0.25) is 0 Å². The fraction of sp³-hybridized carbons (Fsp3) is 0.316. The van der Waals surface area contributed by atoms with Gasteiger partial charge >= 0.3 is 5.97 Å². The van der Waals surface area contributed by atoms with Gasteiger partial charge in [-0.15, -0.1) is 0 Å². The van der Waals surface area contributed by atoms with Crippen molar-refractivity contribution in [3.05, 3.63) is 124 Å². The smallest absolute Gasteiger partial charge is 0.332 e. The molecule has 0 heterocycles. The van der Waals surface area contributed by atoms with E-state index in [-0.39, 0.29) is 0 Å². The Morgan fingerprint density at radius 3 is 2.33 bits per heavy atom. The van der Waals surface area contributed by atoms with Gasteiger partial charge in [0.1, 0.15) is 0 Å². The molecule has 0 spiro atoms. The molecule has 1 aliphatic rings. The number of nitrogens with zero attached hydrogens (tertiary/aromatic N) is 2. The van der Waals surface area contributed by atoms with Gasteiger partial charge in [-0.2, -0.15) is 0 Å². The molecule has 0 aliphatic heterocycles. The monoisotopic (exact) mass is 562 g/mol. The average molecular weight is 563 g/mol. The van der Waals surface area contributed by atoms with Gasteiger partial charge in [0, 0.05) is 29.2 Å². The van der Waals surface area contributed by atoms with Gasteiger partial charge in [0.25, 0.3) is 0 Å². The van der Waals surface area contributed by atoms with E-state index >= 15 is 0 Å². The fourth-order valence-corrected chi connectivity index (χ4v) is 5.18. The summed E-state index contributed by atoms with van der Waals surface area (Å²) in [5.41, 5.74) is 12.3. The first-order valence-corrected chi connectivity index (χ1v) is 15.1. The van der Waals surface area contributed by atoms with Crippen LogP contribution in [0.15, 0.2) is 95.7 Å². The van der Waals surface area contributed by atoms with Crippen LogP contribution in [0.2, 0.25) is 0 Å². The van der Waals surface area contributed by atoms with E-state index < -0.39 is 5.97 Å². The molecule has 3 aromatic rings. The Hall–Kier alpha value is -4.18.